The molecule has 3 aromatic rings. The maximum absolute atomic E-state index is 13.4. The Balaban J connectivity index is 2.26. The van der Waals surface area contributed by atoms with Crippen molar-refractivity contribution in [2.75, 3.05) is 33.7 Å². The van der Waals surface area contributed by atoms with E-state index in [9.17, 15) is 9.59 Å². The fourth-order valence-electron chi connectivity index (χ4n) is 3.22. The monoisotopic (exact) mass is 398 g/mol. The number of para-hydroxylation sites is 1. The van der Waals surface area contributed by atoms with E-state index in [4.69, 9.17) is 24.7 Å². The van der Waals surface area contributed by atoms with E-state index >= 15 is 0 Å². The zero-order valence-corrected chi connectivity index (χ0v) is 16.6. The molecule has 3 rings (SSSR count). The lowest BCUT2D eigenvalue weighted by atomic mass is 10.1. The summed E-state index contributed by atoms with van der Waals surface area (Å²) < 4.78 is 22.3. The molecule has 2 N–H and O–H groups in total. The van der Waals surface area contributed by atoms with Gasteiger partial charge in [-0.2, -0.15) is 0 Å². The van der Waals surface area contributed by atoms with Crippen molar-refractivity contribution >= 4 is 28.5 Å². The number of anilines is 1. The Hall–Kier alpha value is -3.68. The van der Waals surface area contributed by atoms with Crippen LogP contribution in [0, 0.1) is 0 Å². The Morgan fingerprint density at radius 1 is 1.00 bits per heavy atom. The summed E-state index contributed by atoms with van der Waals surface area (Å²) in [4.78, 5) is 26.1. The number of nitrogens with two attached hydrogens (primary N) is 1. The smallest absolute Gasteiger partial charge is 0.419 e. The molecule has 0 amide bonds. The summed E-state index contributed by atoms with van der Waals surface area (Å²) in [5.74, 6) is 0.497. The number of methoxy groups -OCH3 is 3. The molecule has 0 spiro atoms. The van der Waals surface area contributed by atoms with Crippen LogP contribution in [0.3, 0.4) is 0 Å². The van der Waals surface area contributed by atoms with Gasteiger partial charge in [0.25, 0.3) is 0 Å². The van der Waals surface area contributed by atoms with Gasteiger partial charge in [0, 0.05) is 10.9 Å². The van der Waals surface area contributed by atoms with Crippen molar-refractivity contribution in [1.82, 2.24) is 4.57 Å². The summed E-state index contributed by atoms with van der Waals surface area (Å²) in [5.41, 5.74) is 7.18. The second-order valence-electron chi connectivity index (χ2n) is 6.06. The number of hydrogen-bond acceptors (Lipinski definition) is 7. The van der Waals surface area contributed by atoms with Crippen LogP contribution in [0.15, 0.2) is 36.4 Å². The Morgan fingerprint density at radius 2 is 1.62 bits per heavy atom. The van der Waals surface area contributed by atoms with Crippen LogP contribution in [0.4, 0.5) is 10.5 Å². The molecule has 1 aromatic heterocycles. The molecule has 0 saturated heterocycles. The van der Waals surface area contributed by atoms with Crippen LogP contribution in [0.25, 0.3) is 10.9 Å². The van der Waals surface area contributed by atoms with Crippen molar-refractivity contribution in [3.05, 3.63) is 47.7 Å². The molecule has 0 radical (unpaired) electrons. The minimum atomic E-state index is -0.684. The molecule has 0 atom stereocenters. The van der Waals surface area contributed by atoms with Crippen LogP contribution in [0.1, 0.15) is 23.0 Å². The van der Waals surface area contributed by atoms with E-state index in [1.165, 1.54) is 38.0 Å². The van der Waals surface area contributed by atoms with Crippen LogP contribution >= 0.6 is 0 Å². The lowest BCUT2D eigenvalue weighted by Crippen LogP contribution is -2.20. The predicted molar refractivity (Wildman–Crippen MR) is 108 cm³/mol. The minimum absolute atomic E-state index is 0.0129. The average Bonchev–Trinajstić information content (AvgIpc) is 3.04. The van der Waals surface area contributed by atoms with Crippen LogP contribution in [0.5, 0.6) is 17.2 Å². The SMILES string of the molecule is CCOC(=O)n1c(C(=O)c2cc(OC)c(OC)c(OC)c2)c(N)c2ccccc21. The number of rotatable bonds is 6. The third kappa shape index (κ3) is 3.33. The first-order valence-electron chi connectivity index (χ1n) is 8.89. The topological polar surface area (TPSA) is 102 Å². The van der Waals surface area contributed by atoms with Crippen LogP contribution < -0.4 is 19.9 Å². The lowest BCUT2D eigenvalue weighted by Gasteiger charge is -2.14. The average molecular weight is 398 g/mol. The third-order valence-electron chi connectivity index (χ3n) is 4.51. The van der Waals surface area contributed by atoms with Crippen LogP contribution in [0.2, 0.25) is 0 Å². The highest BCUT2D eigenvalue weighted by atomic mass is 16.5. The summed E-state index contributed by atoms with van der Waals surface area (Å²) in [6, 6.07) is 10.0. The number of carbonyl (C=O) groups excluding carboxylic acids is 2. The van der Waals surface area contributed by atoms with E-state index < -0.39 is 11.9 Å². The maximum Gasteiger partial charge on any atom is 0.419 e. The molecule has 0 aliphatic heterocycles. The van der Waals surface area contributed by atoms with Crippen molar-refractivity contribution in [1.29, 1.82) is 0 Å². The van der Waals surface area contributed by atoms with Gasteiger partial charge in [-0.15, -0.1) is 0 Å². The molecular formula is C21H22N2O6. The van der Waals surface area contributed by atoms with E-state index in [0.29, 0.717) is 28.2 Å². The Kier molecular flexibility index (Phi) is 5.63. The Labute approximate surface area is 167 Å². The van der Waals surface area contributed by atoms with E-state index in [1.54, 1.807) is 31.2 Å². The number of nitrogen functional groups attached to an aromatic ring is 1. The minimum Gasteiger partial charge on any atom is -0.493 e. The fraction of sp³-hybridized carbons (Fsp3) is 0.238. The summed E-state index contributed by atoms with van der Waals surface area (Å²) in [6.07, 6.45) is -0.684. The fourth-order valence-corrected chi connectivity index (χ4v) is 3.22. The summed E-state index contributed by atoms with van der Waals surface area (Å²) in [7, 11) is 4.38. The normalized spacial score (nSPS) is 10.6. The van der Waals surface area contributed by atoms with Crippen LogP contribution in [-0.2, 0) is 4.74 Å². The van der Waals surface area contributed by atoms with Gasteiger partial charge in [-0.05, 0) is 25.1 Å². The molecular weight excluding hydrogens is 376 g/mol. The quantitative estimate of drug-likeness (QED) is 0.634. The number of aromatic nitrogens is 1. The molecule has 2 aromatic carbocycles. The maximum atomic E-state index is 13.4. The van der Waals surface area contributed by atoms with E-state index in [1.807, 2.05) is 0 Å². The number of carbonyl (C=O) groups is 2. The zero-order valence-electron chi connectivity index (χ0n) is 16.6. The largest absolute Gasteiger partial charge is 0.493 e. The van der Waals surface area contributed by atoms with Gasteiger partial charge in [0.2, 0.25) is 11.5 Å². The molecule has 0 saturated carbocycles. The van der Waals surface area contributed by atoms with Gasteiger partial charge >= 0.3 is 6.09 Å². The van der Waals surface area contributed by atoms with E-state index in [-0.39, 0.29) is 23.6 Å². The van der Waals surface area contributed by atoms with Crippen molar-refractivity contribution < 1.29 is 28.5 Å². The van der Waals surface area contributed by atoms with Gasteiger partial charge in [0.05, 0.1) is 39.1 Å². The first-order chi connectivity index (χ1) is 14.0. The van der Waals surface area contributed by atoms with Crippen LogP contribution in [-0.4, -0.2) is 44.4 Å². The van der Waals surface area contributed by atoms with Gasteiger partial charge in [-0.3, -0.25) is 4.79 Å². The second-order valence-corrected chi connectivity index (χ2v) is 6.06. The predicted octanol–water partition coefficient (Wildman–Crippen LogP) is 3.48. The summed E-state index contributed by atoms with van der Waals surface area (Å²) in [6.45, 7) is 1.84. The Morgan fingerprint density at radius 3 is 2.17 bits per heavy atom. The summed E-state index contributed by atoms with van der Waals surface area (Å²) in [5, 5.41) is 0.580. The Bertz CT molecular complexity index is 1060. The zero-order chi connectivity index (χ0) is 21.1. The standard InChI is InChI=1S/C21H22N2O6/c1-5-29-21(25)23-14-9-7-6-8-13(14)17(22)18(23)19(24)12-10-15(26-2)20(28-4)16(11-12)27-3/h6-11H,5,22H2,1-4H3. The number of ether oxygens (including phenoxy) is 4. The highest BCUT2D eigenvalue weighted by Crippen LogP contribution is 2.39. The van der Waals surface area contributed by atoms with Crippen molar-refractivity contribution in [3.8, 4) is 17.2 Å². The van der Waals surface area contributed by atoms with Crippen molar-refractivity contribution in [2.24, 2.45) is 0 Å². The molecule has 0 aliphatic carbocycles. The van der Waals surface area contributed by atoms with Crippen molar-refractivity contribution in [2.45, 2.75) is 6.92 Å². The lowest BCUT2D eigenvalue weighted by molar-refractivity contribution is 0.102. The first-order valence-corrected chi connectivity index (χ1v) is 8.89. The molecule has 8 nitrogen and oxygen atoms in total. The number of benzene rings is 2. The van der Waals surface area contributed by atoms with E-state index in [0.717, 1.165) is 0 Å². The second kappa shape index (κ2) is 8.14. The van der Waals surface area contributed by atoms with Gasteiger partial charge < -0.3 is 24.7 Å². The molecule has 0 aliphatic rings. The van der Waals surface area contributed by atoms with Gasteiger partial charge in [-0.25, -0.2) is 9.36 Å². The molecule has 0 bridgehead atoms. The molecule has 8 heteroatoms. The van der Waals surface area contributed by atoms with Gasteiger partial charge in [-0.1, -0.05) is 18.2 Å². The molecule has 152 valence electrons. The third-order valence-corrected chi connectivity index (χ3v) is 4.51. The molecule has 29 heavy (non-hydrogen) atoms. The van der Waals surface area contributed by atoms with Gasteiger partial charge in [0.15, 0.2) is 11.5 Å². The number of hydrogen-bond donors (Lipinski definition) is 1. The van der Waals surface area contributed by atoms with Gasteiger partial charge in [0.1, 0.15) is 5.69 Å². The first kappa shape index (κ1) is 20.1. The highest BCUT2D eigenvalue weighted by Gasteiger charge is 2.28. The molecule has 1 heterocycles. The van der Waals surface area contributed by atoms with Crippen molar-refractivity contribution in [3.63, 3.8) is 0 Å². The number of fused-ring (bicyclic) bond motifs is 1. The summed E-state index contributed by atoms with van der Waals surface area (Å²) >= 11 is 0. The molecule has 0 unspecified atom stereocenters. The number of nitrogens with zero attached hydrogens (tertiary/aromatic N) is 1. The van der Waals surface area contributed by atoms with E-state index in [2.05, 4.69) is 0 Å². The highest BCUT2D eigenvalue weighted by molar-refractivity contribution is 6.18. The molecule has 0 fully saturated rings. The number of ketones is 1.